The smallest absolute Gasteiger partial charge is 0.267 e. The van der Waals surface area contributed by atoms with Crippen molar-refractivity contribution in [1.82, 2.24) is 14.5 Å². The Labute approximate surface area is 179 Å². The van der Waals surface area contributed by atoms with E-state index in [0.29, 0.717) is 27.6 Å². The minimum Gasteiger partial charge on any atom is -0.319 e. The number of hydrogen-bond donors (Lipinski definition) is 1. The van der Waals surface area contributed by atoms with Gasteiger partial charge in [-0.3, -0.25) is 14.2 Å². The summed E-state index contributed by atoms with van der Waals surface area (Å²) in [6.07, 6.45) is 1.55. The lowest BCUT2D eigenvalue weighted by molar-refractivity contribution is 0.102. The van der Waals surface area contributed by atoms with Crippen LogP contribution in [0.15, 0.2) is 59.5 Å². The fraction of sp³-hybridized carbons (Fsp3) is 0.0476. The van der Waals surface area contributed by atoms with Crippen molar-refractivity contribution in [1.29, 1.82) is 0 Å². The summed E-state index contributed by atoms with van der Waals surface area (Å²) >= 11 is 11.9. The molecule has 0 saturated carbocycles. The summed E-state index contributed by atoms with van der Waals surface area (Å²) in [5.41, 5.74) is 0.341. The van der Waals surface area contributed by atoms with E-state index in [1.54, 1.807) is 25.3 Å². The maximum absolute atomic E-state index is 14.4. The highest BCUT2D eigenvalue weighted by Gasteiger charge is 2.16. The van der Waals surface area contributed by atoms with E-state index in [2.05, 4.69) is 15.3 Å². The first-order valence-electron chi connectivity index (χ1n) is 8.76. The molecule has 1 amide bonds. The van der Waals surface area contributed by atoms with E-state index in [1.807, 2.05) is 0 Å². The third-order valence-corrected chi connectivity index (χ3v) is 4.99. The Morgan fingerprint density at radius 3 is 2.70 bits per heavy atom. The molecule has 0 saturated heterocycles. The van der Waals surface area contributed by atoms with Crippen LogP contribution in [0.25, 0.3) is 16.7 Å². The zero-order valence-electron chi connectivity index (χ0n) is 15.5. The van der Waals surface area contributed by atoms with Crippen molar-refractivity contribution >= 4 is 45.8 Å². The molecule has 0 atom stereocenters. The number of nitrogens with one attached hydrogen (secondary N) is 1. The number of aromatic nitrogens is 3. The van der Waals surface area contributed by atoms with Gasteiger partial charge in [0.25, 0.3) is 11.5 Å². The predicted octanol–water partition coefficient (Wildman–Crippen LogP) is 4.79. The van der Waals surface area contributed by atoms with Gasteiger partial charge >= 0.3 is 0 Å². The van der Waals surface area contributed by atoms with Crippen molar-refractivity contribution in [3.8, 4) is 5.69 Å². The Balaban J connectivity index is 1.77. The van der Waals surface area contributed by atoms with Gasteiger partial charge in [-0.05, 0) is 55.5 Å². The number of amides is 1. The average molecular weight is 443 g/mol. The molecule has 2 aromatic heterocycles. The molecule has 1 N–H and O–H groups in total. The maximum atomic E-state index is 14.4. The van der Waals surface area contributed by atoms with E-state index in [0.717, 1.165) is 6.07 Å². The van der Waals surface area contributed by atoms with Gasteiger partial charge in [-0.2, -0.15) is 0 Å². The molecule has 2 heterocycles. The number of aryl methyl sites for hydroxylation is 1. The standard InChI is InChI=1S/C21H13Cl2FN4O2/c1-11-26-19-15(3-2-8-25-19)21(30)28(11)13-5-7-17(24)18(10-13)27-20(29)14-6-4-12(22)9-16(14)23/h2-10H,1H3,(H,27,29). The normalized spacial score (nSPS) is 10.9. The first-order valence-corrected chi connectivity index (χ1v) is 9.51. The molecule has 4 rings (SSSR count). The summed E-state index contributed by atoms with van der Waals surface area (Å²) < 4.78 is 15.7. The van der Waals surface area contributed by atoms with Gasteiger partial charge < -0.3 is 5.32 Å². The molecular weight excluding hydrogens is 430 g/mol. The summed E-state index contributed by atoms with van der Waals surface area (Å²) in [5.74, 6) is -0.910. The number of fused-ring (bicyclic) bond motifs is 1. The number of pyridine rings is 1. The SMILES string of the molecule is Cc1nc2ncccc2c(=O)n1-c1ccc(F)c(NC(=O)c2ccc(Cl)cc2Cl)c1. The van der Waals surface area contributed by atoms with Crippen molar-refractivity contribution in [2.24, 2.45) is 0 Å². The van der Waals surface area contributed by atoms with Gasteiger partial charge in [-0.25, -0.2) is 14.4 Å². The van der Waals surface area contributed by atoms with Gasteiger partial charge in [0.1, 0.15) is 11.6 Å². The van der Waals surface area contributed by atoms with Gasteiger partial charge in [-0.1, -0.05) is 23.2 Å². The van der Waals surface area contributed by atoms with Crippen LogP contribution in [0.5, 0.6) is 0 Å². The van der Waals surface area contributed by atoms with Crippen molar-refractivity contribution in [3.63, 3.8) is 0 Å². The van der Waals surface area contributed by atoms with Gasteiger partial charge in [0, 0.05) is 11.2 Å². The topological polar surface area (TPSA) is 76.9 Å². The van der Waals surface area contributed by atoms with Crippen LogP contribution in [0, 0.1) is 12.7 Å². The highest BCUT2D eigenvalue weighted by atomic mass is 35.5. The average Bonchev–Trinajstić information content (AvgIpc) is 2.70. The first-order chi connectivity index (χ1) is 14.3. The number of carbonyl (C=O) groups is 1. The Morgan fingerprint density at radius 1 is 1.13 bits per heavy atom. The first kappa shape index (κ1) is 20.0. The summed E-state index contributed by atoms with van der Waals surface area (Å²) in [5, 5.41) is 3.32. The van der Waals surface area contributed by atoms with Crippen molar-refractivity contribution in [2.45, 2.75) is 6.92 Å². The van der Waals surface area contributed by atoms with E-state index in [9.17, 15) is 14.0 Å². The number of nitrogens with zero attached hydrogens (tertiary/aromatic N) is 3. The minimum absolute atomic E-state index is 0.110. The van der Waals surface area contributed by atoms with Crippen LogP contribution in [0.4, 0.5) is 10.1 Å². The molecule has 0 unspecified atom stereocenters. The monoisotopic (exact) mass is 442 g/mol. The molecule has 30 heavy (non-hydrogen) atoms. The van der Waals surface area contributed by atoms with E-state index < -0.39 is 11.7 Å². The van der Waals surface area contributed by atoms with Crippen molar-refractivity contribution < 1.29 is 9.18 Å². The molecule has 0 aliphatic rings. The number of halogens is 3. The molecule has 0 bridgehead atoms. The number of rotatable bonds is 3. The lowest BCUT2D eigenvalue weighted by Gasteiger charge is -2.13. The van der Waals surface area contributed by atoms with E-state index >= 15 is 0 Å². The molecule has 150 valence electrons. The zero-order valence-corrected chi connectivity index (χ0v) is 17.0. The molecular formula is C21H13Cl2FN4O2. The molecule has 9 heteroatoms. The van der Waals surface area contributed by atoms with Gasteiger partial charge in [0.05, 0.1) is 27.3 Å². The molecule has 0 aliphatic carbocycles. The predicted molar refractivity (Wildman–Crippen MR) is 114 cm³/mol. The zero-order chi connectivity index (χ0) is 21.4. The summed E-state index contributed by atoms with van der Waals surface area (Å²) in [4.78, 5) is 33.9. The largest absolute Gasteiger partial charge is 0.319 e. The quantitative estimate of drug-likeness (QED) is 0.494. The van der Waals surface area contributed by atoms with Crippen LogP contribution in [-0.4, -0.2) is 20.4 Å². The Morgan fingerprint density at radius 2 is 1.93 bits per heavy atom. The Kier molecular flexibility index (Phi) is 5.24. The fourth-order valence-electron chi connectivity index (χ4n) is 3.04. The highest BCUT2D eigenvalue weighted by molar-refractivity contribution is 6.37. The van der Waals surface area contributed by atoms with Crippen LogP contribution in [0.1, 0.15) is 16.2 Å². The second-order valence-electron chi connectivity index (χ2n) is 6.42. The van der Waals surface area contributed by atoms with Crippen LogP contribution in [-0.2, 0) is 0 Å². The third-order valence-electron chi connectivity index (χ3n) is 4.44. The number of carbonyl (C=O) groups excluding carboxylic acids is 1. The number of benzene rings is 2. The second-order valence-corrected chi connectivity index (χ2v) is 7.26. The van der Waals surface area contributed by atoms with E-state index in [4.69, 9.17) is 23.2 Å². The van der Waals surface area contributed by atoms with Crippen LogP contribution in [0.3, 0.4) is 0 Å². The Hall–Kier alpha value is -3.29. The fourth-order valence-corrected chi connectivity index (χ4v) is 3.53. The molecule has 0 fully saturated rings. The lowest BCUT2D eigenvalue weighted by atomic mass is 10.2. The van der Waals surface area contributed by atoms with Gasteiger partial charge in [0.15, 0.2) is 5.65 Å². The molecule has 0 radical (unpaired) electrons. The Bertz CT molecular complexity index is 1370. The van der Waals surface area contributed by atoms with Gasteiger partial charge in [-0.15, -0.1) is 0 Å². The molecule has 0 aliphatic heterocycles. The molecule has 6 nitrogen and oxygen atoms in total. The van der Waals surface area contributed by atoms with Crippen LogP contribution in [0.2, 0.25) is 10.0 Å². The summed E-state index contributed by atoms with van der Waals surface area (Å²) in [7, 11) is 0. The van der Waals surface area contributed by atoms with Crippen molar-refractivity contribution in [2.75, 3.05) is 5.32 Å². The van der Waals surface area contributed by atoms with E-state index in [-0.39, 0.29) is 21.8 Å². The molecule has 0 spiro atoms. The lowest BCUT2D eigenvalue weighted by Crippen LogP contribution is -2.23. The summed E-state index contributed by atoms with van der Waals surface area (Å²) in [6.45, 7) is 1.64. The third kappa shape index (κ3) is 3.65. The molecule has 2 aromatic carbocycles. The van der Waals surface area contributed by atoms with Crippen LogP contribution < -0.4 is 10.9 Å². The summed E-state index contributed by atoms with van der Waals surface area (Å²) in [6, 6.07) is 11.6. The minimum atomic E-state index is -0.668. The second kappa shape index (κ2) is 7.85. The number of hydrogen-bond acceptors (Lipinski definition) is 4. The number of anilines is 1. The van der Waals surface area contributed by atoms with Crippen molar-refractivity contribution in [3.05, 3.63) is 92.3 Å². The van der Waals surface area contributed by atoms with E-state index in [1.165, 1.54) is 34.9 Å². The van der Waals surface area contributed by atoms with Crippen LogP contribution >= 0.6 is 23.2 Å². The maximum Gasteiger partial charge on any atom is 0.267 e. The highest BCUT2D eigenvalue weighted by Crippen LogP contribution is 2.24. The van der Waals surface area contributed by atoms with Gasteiger partial charge in [0.2, 0.25) is 0 Å². The molecule has 4 aromatic rings.